The third kappa shape index (κ3) is 1.81. The van der Waals surface area contributed by atoms with E-state index >= 15 is 0 Å². The first-order valence-electron chi connectivity index (χ1n) is 4.94. The van der Waals surface area contributed by atoms with Crippen LogP contribution in [0.3, 0.4) is 0 Å². The topological polar surface area (TPSA) is 18.5 Å². The van der Waals surface area contributed by atoms with Crippen LogP contribution in [0.25, 0.3) is 0 Å². The van der Waals surface area contributed by atoms with E-state index in [1.807, 2.05) is 18.2 Å². The van der Waals surface area contributed by atoms with E-state index < -0.39 is 0 Å². The van der Waals surface area contributed by atoms with Crippen molar-refractivity contribution in [2.45, 2.75) is 20.0 Å². The second-order valence-electron chi connectivity index (χ2n) is 4.41. The summed E-state index contributed by atoms with van der Waals surface area (Å²) >= 11 is 0. The lowest BCUT2D eigenvalue weighted by atomic mass is 9.83. The molecule has 0 unspecified atom stereocenters. The number of rotatable bonds is 1. The quantitative estimate of drug-likeness (QED) is 0.681. The molecule has 1 fully saturated rings. The summed E-state index contributed by atoms with van der Waals surface area (Å²) in [7, 11) is 0. The molecular formula is C12H16O2. The summed E-state index contributed by atoms with van der Waals surface area (Å²) in [5, 5.41) is 0. The van der Waals surface area contributed by atoms with Gasteiger partial charge in [-0.2, -0.15) is 0 Å². The van der Waals surface area contributed by atoms with Crippen molar-refractivity contribution in [1.29, 1.82) is 0 Å². The summed E-state index contributed by atoms with van der Waals surface area (Å²) in [4.78, 5) is 0. The van der Waals surface area contributed by atoms with Crippen LogP contribution in [0.2, 0.25) is 0 Å². The molecule has 1 aromatic rings. The van der Waals surface area contributed by atoms with Crippen LogP contribution in [0.5, 0.6) is 0 Å². The third-order valence-electron chi connectivity index (χ3n) is 2.60. The van der Waals surface area contributed by atoms with Gasteiger partial charge < -0.3 is 9.47 Å². The van der Waals surface area contributed by atoms with Crippen LogP contribution in [0.4, 0.5) is 0 Å². The average molecular weight is 192 g/mol. The Balaban J connectivity index is 2.24. The number of ether oxygens (including phenoxy) is 2. The molecule has 1 saturated heterocycles. The highest BCUT2D eigenvalue weighted by Gasteiger charge is 2.35. The minimum Gasteiger partial charge on any atom is -0.355 e. The predicted molar refractivity (Wildman–Crippen MR) is 54.9 cm³/mol. The lowest BCUT2D eigenvalue weighted by Gasteiger charge is -2.38. The largest absolute Gasteiger partial charge is 0.355 e. The van der Waals surface area contributed by atoms with Crippen molar-refractivity contribution in [3.63, 3.8) is 0 Å². The highest BCUT2D eigenvalue weighted by Crippen LogP contribution is 2.39. The van der Waals surface area contributed by atoms with Gasteiger partial charge in [-0.15, -0.1) is 0 Å². The van der Waals surface area contributed by atoms with Crippen LogP contribution in [0, 0.1) is 5.41 Å². The lowest BCUT2D eigenvalue weighted by molar-refractivity contribution is -0.202. The fraction of sp³-hybridized carbons (Fsp3) is 0.500. The van der Waals surface area contributed by atoms with E-state index in [1.165, 1.54) is 5.56 Å². The van der Waals surface area contributed by atoms with Gasteiger partial charge in [0.25, 0.3) is 0 Å². The van der Waals surface area contributed by atoms with E-state index in [1.54, 1.807) is 0 Å². The first-order chi connectivity index (χ1) is 6.70. The first kappa shape index (κ1) is 9.69. The van der Waals surface area contributed by atoms with Gasteiger partial charge in [-0.25, -0.2) is 0 Å². The molecule has 0 aliphatic carbocycles. The Morgan fingerprint density at radius 2 is 1.93 bits per heavy atom. The molecule has 1 heterocycles. The normalized spacial score (nSPS) is 26.0. The second-order valence-corrected chi connectivity index (χ2v) is 4.41. The molecule has 2 heteroatoms. The SMILES string of the molecule is CC1(C)COCO[C@@H]1c1ccccc1. The smallest absolute Gasteiger partial charge is 0.147 e. The molecular weight excluding hydrogens is 176 g/mol. The van der Waals surface area contributed by atoms with Crippen LogP contribution in [-0.4, -0.2) is 13.4 Å². The third-order valence-corrected chi connectivity index (χ3v) is 2.60. The Kier molecular flexibility index (Phi) is 2.57. The van der Waals surface area contributed by atoms with Gasteiger partial charge in [0.15, 0.2) is 0 Å². The maximum atomic E-state index is 5.66. The molecule has 1 aromatic carbocycles. The van der Waals surface area contributed by atoms with Crippen molar-refractivity contribution in [1.82, 2.24) is 0 Å². The van der Waals surface area contributed by atoms with Gasteiger partial charge in [0.2, 0.25) is 0 Å². The van der Waals surface area contributed by atoms with Crippen LogP contribution in [-0.2, 0) is 9.47 Å². The van der Waals surface area contributed by atoms with Crippen LogP contribution < -0.4 is 0 Å². The van der Waals surface area contributed by atoms with Gasteiger partial charge >= 0.3 is 0 Å². The molecule has 0 N–H and O–H groups in total. The van der Waals surface area contributed by atoms with Gasteiger partial charge in [-0.05, 0) is 5.56 Å². The fourth-order valence-corrected chi connectivity index (χ4v) is 1.90. The standard InChI is InChI=1S/C12H16O2/c1-12(2)8-13-9-14-11(12)10-6-4-3-5-7-10/h3-7,11H,8-9H2,1-2H3/t11-/m1/s1. The Labute approximate surface area is 84.8 Å². The van der Waals surface area contributed by atoms with E-state index in [0.29, 0.717) is 6.79 Å². The maximum absolute atomic E-state index is 5.66. The van der Waals surface area contributed by atoms with E-state index in [0.717, 1.165) is 6.61 Å². The van der Waals surface area contributed by atoms with Gasteiger partial charge in [-0.3, -0.25) is 0 Å². The highest BCUT2D eigenvalue weighted by atomic mass is 16.7. The first-order valence-corrected chi connectivity index (χ1v) is 4.94. The molecule has 2 rings (SSSR count). The summed E-state index contributed by atoms with van der Waals surface area (Å²) in [5.41, 5.74) is 1.29. The molecule has 0 bridgehead atoms. The molecule has 1 aliphatic heterocycles. The zero-order chi connectivity index (χ0) is 10.0. The highest BCUT2D eigenvalue weighted by molar-refractivity contribution is 5.19. The minimum absolute atomic E-state index is 0.0552. The zero-order valence-electron chi connectivity index (χ0n) is 8.69. The molecule has 0 radical (unpaired) electrons. The van der Waals surface area contributed by atoms with Crippen molar-refractivity contribution < 1.29 is 9.47 Å². The molecule has 0 spiro atoms. The van der Waals surface area contributed by atoms with E-state index in [2.05, 4.69) is 26.0 Å². The van der Waals surface area contributed by atoms with Gasteiger partial charge in [-0.1, -0.05) is 44.2 Å². The lowest BCUT2D eigenvalue weighted by Crippen LogP contribution is -2.35. The molecule has 0 amide bonds. The summed E-state index contributed by atoms with van der Waals surface area (Å²) in [6.45, 7) is 5.50. The van der Waals surface area contributed by atoms with Gasteiger partial charge in [0.05, 0.1) is 12.7 Å². The molecule has 1 aliphatic rings. The maximum Gasteiger partial charge on any atom is 0.147 e. The van der Waals surface area contributed by atoms with Gasteiger partial charge in [0, 0.05) is 5.41 Å². The molecule has 14 heavy (non-hydrogen) atoms. The van der Waals surface area contributed by atoms with Crippen LogP contribution >= 0.6 is 0 Å². The fourth-order valence-electron chi connectivity index (χ4n) is 1.90. The van der Waals surface area contributed by atoms with Crippen LogP contribution in [0.15, 0.2) is 30.3 Å². The van der Waals surface area contributed by atoms with Crippen molar-refractivity contribution in [3.05, 3.63) is 35.9 Å². The van der Waals surface area contributed by atoms with Crippen molar-refractivity contribution in [2.75, 3.05) is 13.4 Å². The summed E-state index contributed by atoms with van der Waals surface area (Å²) in [5.74, 6) is 0. The molecule has 0 saturated carbocycles. The Bertz CT molecular complexity index is 292. The summed E-state index contributed by atoms with van der Waals surface area (Å²) in [6.07, 6.45) is 0.150. The van der Waals surface area contributed by atoms with Crippen molar-refractivity contribution in [2.24, 2.45) is 5.41 Å². The van der Waals surface area contributed by atoms with Gasteiger partial charge in [0.1, 0.15) is 6.79 Å². The zero-order valence-corrected chi connectivity index (χ0v) is 8.69. The number of hydrogen-bond acceptors (Lipinski definition) is 2. The van der Waals surface area contributed by atoms with Crippen LogP contribution in [0.1, 0.15) is 25.5 Å². The number of benzene rings is 1. The van der Waals surface area contributed by atoms with Crippen molar-refractivity contribution >= 4 is 0 Å². The molecule has 1 atom stereocenters. The molecule has 0 aromatic heterocycles. The molecule has 76 valence electrons. The minimum atomic E-state index is 0.0552. The monoisotopic (exact) mass is 192 g/mol. The molecule has 2 nitrogen and oxygen atoms in total. The second kappa shape index (κ2) is 3.71. The van der Waals surface area contributed by atoms with E-state index in [9.17, 15) is 0 Å². The van der Waals surface area contributed by atoms with E-state index in [4.69, 9.17) is 9.47 Å². The summed E-state index contributed by atoms with van der Waals surface area (Å²) < 4.78 is 11.0. The average Bonchev–Trinajstić information content (AvgIpc) is 2.18. The summed E-state index contributed by atoms with van der Waals surface area (Å²) in [6, 6.07) is 10.3. The Morgan fingerprint density at radius 3 is 2.57 bits per heavy atom. The van der Waals surface area contributed by atoms with E-state index in [-0.39, 0.29) is 11.5 Å². The Hall–Kier alpha value is -0.860. The predicted octanol–water partition coefficient (Wildman–Crippen LogP) is 2.76. The van der Waals surface area contributed by atoms with Crippen molar-refractivity contribution in [3.8, 4) is 0 Å². The Morgan fingerprint density at radius 1 is 1.21 bits per heavy atom. The number of hydrogen-bond donors (Lipinski definition) is 0.